The molecular formula is C18H20O2. The minimum atomic E-state index is -0.286. The highest BCUT2D eigenvalue weighted by atomic mass is 16.5. The highest BCUT2D eigenvalue weighted by molar-refractivity contribution is 5.97. The van der Waals surface area contributed by atoms with Crippen LogP contribution in [0, 0.1) is 0 Å². The lowest BCUT2D eigenvalue weighted by Gasteiger charge is -2.11. The molecule has 2 aromatic carbocycles. The molecule has 0 amide bonds. The third-order valence-electron chi connectivity index (χ3n) is 3.39. The largest absolute Gasteiger partial charge is 0.465 e. The second-order valence-electron chi connectivity index (χ2n) is 4.84. The van der Waals surface area contributed by atoms with Gasteiger partial charge in [-0.1, -0.05) is 55.8 Å². The van der Waals surface area contributed by atoms with Crippen molar-refractivity contribution >= 4 is 5.97 Å². The van der Waals surface area contributed by atoms with E-state index in [1.807, 2.05) is 42.5 Å². The normalized spacial score (nSPS) is 10.3. The van der Waals surface area contributed by atoms with E-state index in [4.69, 9.17) is 4.74 Å². The van der Waals surface area contributed by atoms with Crippen LogP contribution in [-0.4, -0.2) is 13.1 Å². The van der Waals surface area contributed by atoms with E-state index < -0.39 is 0 Å². The van der Waals surface area contributed by atoms with E-state index >= 15 is 0 Å². The summed E-state index contributed by atoms with van der Waals surface area (Å²) in [5.74, 6) is -0.286. The Balaban J connectivity index is 2.45. The van der Waals surface area contributed by atoms with Gasteiger partial charge in [-0.2, -0.15) is 0 Å². The Labute approximate surface area is 120 Å². The molecule has 0 spiro atoms. The first-order chi connectivity index (χ1) is 9.76. The second kappa shape index (κ2) is 6.90. The van der Waals surface area contributed by atoms with Crippen LogP contribution >= 0.6 is 0 Å². The van der Waals surface area contributed by atoms with E-state index in [9.17, 15) is 4.79 Å². The molecular weight excluding hydrogens is 248 g/mol. The fraction of sp³-hybridized carbons (Fsp3) is 0.278. The fourth-order valence-corrected chi connectivity index (χ4v) is 2.27. The molecule has 0 saturated heterocycles. The Morgan fingerprint density at radius 3 is 2.50 bits per heavy atom. The molecule has 0 atom stereocenters. The van der Waals surface area contributed by atoms with Gasteiger partial charge in [-0.15, -0.1) is 0 Å². The number of ether oxygens (including phenoxy) is 1. The number of benzene rings is 2. The Morgan fingerprint density at radius 1 is 1.10 bits per heavy atom. The van der Waals surface area contributed by atoms with Gasteiger partial charge in [-0.05, 0) is 35.6 Å². The summed E-state index contributed by atoms with van der Waals surface area (Å²) >= 11 is 0. The van der Waals surface area contributed by atoms with Crippen LogP contribution in [0.4, 0.5) is 0 Å². The highest BCUT2D eigenvalue weighted by Crippen LogP contribution is 2.26. The average molecular weight is 268 g/mol. The first kappa shape index (κ1) is 14.3. The topological polar surface area (TPSA) is 26.3 Å². The number of hydrogen-bond donors (Lipinski definition) is 0. The third-order valence-corrected chi connectivity index (χ3v) is 3.39. The molecule has 2 aromatic rings. The zero-order chi connectivity index (χ0) is 14.4. The van der Waals surface area contributed by atoms with E-state index in [0.717, 1.165) is 24.0 Å². The van der Waals surface area contributed by atoms with Gasteiger partial charge in [-0.25, -0.2) is 4.79 Å². The summed E-state index contributed by atoms with van der Waals surface area (Å²) in [4.78, 5) is 11.9. The fourth-order valence-electron chi connectivity index (χ4n) is 2.27. The number of esters is 1. The van der Waals surface area contributed by atoms with Gasteiger partial charge in [0.05, 0.1) is 12.7 Å². The van der Waals surface area contributed by atoms with Crippen molar-refractivity contribution in [3.05, 3.63) is 59.7 Å². The molecule has 20 heavy (non-hydrogen) atoms. The van der Waals surface area contributed by atoms with E-state index in [-0.39, 0.29) is 5.97 Å². The summed E-state index contributed by atoms with van der Waals surface area (Å²) in [7, 11) is 1.42. The SMILES string of the molecule is CCCCc1ccc(C(=O)OC)c(-c2ccccc2)c1. The van der Waals surface area contributed by atoms with Crippen LogP contribution in [0.15, 0.2) is 48.5 Å². The Kier molecular flexibility index (Phi) is 4.94. The van der Waals surface area contributed by atoms with Crippen molar-refractivity contribution in [1.82, 2.24) is 0 Å². The predicted octanol–water partition coefficient (Wildman–Crippen LogP) is 4.48. The summed E-state index contributed by atoms with van der Waals surface area (Å²) < 4.78 is 4.88. The highest BCUT2D eigenvalue weighted by Gasteiger charge is 2.13. The molecule has 0 aliphatic rings. The van der Waals surface area contributed by atoms with E-state index in [1.54, 1.807) is 0 Å². The van der Waals surface area contributed by atoms with Crippen molar-refractivity contribution in [2.24, 2.45) is 0 Å². The molecule has 0 radical (unpaired) electrons. The maximum Gasteiger partial charge on any atom is 0.338 e. The van der Waals surface area contributed by atoms with Gasteiger partial charge in [0.2, 0.25) is 0 Å². The van der Waals surface area contributed by atoms with Gasteiger partial charge in [0.1, 0.15) is 0 Å². The lowest BCUT2D eigenvalue weighted by atomic mass is 9.95. The first-order valence-corrected chi connectivity index (χ1v) is 7.03. The van der Waals surface area contributed by atoms with Crippen LogP contribution in [-0.2, 0) is 11.2 Å². The molecule has 0 fully saturated rings. The van der Waals surface area contributed by atoms with Gasteiger partial charge in [0, 0.05) is 0 Å². The second-order valence-corrected chi connectivity index (χ2v) is 4.84. The maximum atomic E-state index is 11.9. The van der Waals surface area contributed by atoms with Gasteiger partial charge in [0.15, 0.2) is 0 Å². The molecule has 0 bridgehead atoms. The van der Waals surface area contributed by atoms with Gasteiger partial charge < -0.3 is 4.74 Å². The van der Waals surface area contributed by atoms with E-state index in [2.05, 4.69) is 13.0 Å². The molecule has 2 rings (SSSR count). The van der Waals surface area contributed by atoms with Crippen LogP contribution in [0.3, 0.4) is 0 Å². The monoisotopic (exact) mass is 268 g/mol. The van der Waals surface area contributed by atoms with Crippen molar-refractivity contribution < 1.29 is 9.53 Å². The van der Waals surface area contributed by atoms with Crippen LogP contribution in [0.25, 0.3) is 11.1 Å². The zero-order valence-corrected chi connectivity index (χ0v) is 12.1. The van der Waals surface area contributed by atoms with E-state index in [0.29, 0.717) is 5.56 Å². The van der Waals surface area contributed by atoms with Gasteiger partial charge >= 0.3 is 5.97 Å². The van der Waals surface area contributed by atoms with Crippen molar-refractivity contribution in [1.29, 1.82) is 0 Å². The average Bonchev–Trinajstić information content (AvgIpc) is 2.52. The lowest BCUT2D eigenvalue weighted by Crippen LogP contribution is -2.04. The smallest absolute Gasteiger partial charge is 0.338 e. The molecule has 2 nitrogen and oxygen atoms in total. The maximum absolute atomic E-state index is 11.9. The quantitative estimate of drug-likeness (QED) is 0.747. The molecule has 0 aliphatic carbocycles. The Morgan fingerprint density at radius 2 is 1.85 bits per heavy atom. The number of unbranched alkanes of at least 4 members (excludes halogenated alkanes) is 1. The van der Waals surface area contributed by atoms with Crippen molar-refractivity contribution in [2.75, 3.05) is 7.11 Å². The summed E-state index contributed by atoms with van der Waals surface area (Å²) in [5.41, 5.74) is 3.88. The van der Waals surface area contributed by atoms with Crippen LogP contribution in [0.2, 0.25) is 0 Å². The number of carbonyl (C=O) groups is 1. The van der Waals surface area contributed by atoms with Crippen molar-refractivity contribution in [3.63, 3.8) is 0 Å². The van der Waals surface area contributed by atoms with Crippen LogP contribution in [0.5, 0.6) is 0 Å². The number of aryl methyl sites for hydroxylation is 1. The van der Waals surface area contributed by atoms with E-state index in [1.165, 1.54) is 19.1 Å². The number of carbonyl (C=O) groups excluding carboxylic acids is 1. The van der Waals surface area contributed by atoms with Gasteiger partial charge in [-0.3, -0.25) is 0 Å². The standard InChI is InChI=1S/C18H20O2/c1-3-4-8-14-11-12-16(18(19)20-2)17(13-14)15-9-6-5-7-10-15/h5-7,9-13H,3-4,8H2,1-2H3. The minimum Gasteiger partial charge on any atom is -0.465 e. The van der Waals surface area contributed by atoms with Crippen molar-refractivity contribution in [2.45, 2.75) is 26.2 Å². The number of rotatable bonds is 5. The Bertz CT molecular complexity index is 573. The first-order valence-electron chi connectivity index (χ1n) is 7.03. The Hall–Kier alpha value is -2.09. The number of methoxy groups -OCH3 is 1. The summed E-state index contributed by atoms with van der Waals surface area (Å²) in [6.07, 6.45) is 3.36. The molecule has 0 heterocycles. The third kappa shape index (κ3) is 3.27. The molecule has 104 valence electrons. The molecule has 0 aromatic heterocycles. The lowest BCUT2D eigenvalue weighted by molar-refractivity contribution is 0.0601. The van der Waals surface area contributed by atoms with Crippen LogP contribution in [0.1, 0.15) is 35.7 Å². The molecule has 0 saturated carbocycles. The van der Waals surface area contributed by atoms with Crippen LogP contribution < -0.4 is 0 Å². The molecule has 0 unspecified atom stereocenters. The summed E-state index contributed by atoms with van der Waals surface area (Å²) in [5, 5.41) is 0. The minimum absolute atomic E-state index is 0.286. The van der Waals surface area contributed by atoms with Crippen molar-refractivity contribution in [3.8, 4) is 11.1 Å². The summed E-state index contributed by atoms with van der Waals surface area (Å²) in [6, 6.07) is 16.0. The molecule has 0 N–H and O–H groups in total. The predicted molar refractivity (Wildman–Crippen MR) is 81.8 cm³/mol. The summed E-state index contributed by atoms with van der Waals surface area (Å²) in [6.45, 7) is 2.18. The molecule has 0 aliphatic heterocycles. The number of hydrogen-bond acceptors (Lipinski definition) is 2. The zero-order valence-electron chi connectivity index (χ0n) is 12.1. The molecule has 2 heteroatoms. The van der Waals surface area contributed by atoms with Gasteiger partial charge in [0.25, 0.3) is 0 Å².